The number of sulfonamides is 1. The van der Waals surface area contributed by atoms with Crippen LogP contribution >= 0.6 is 0 Å². The first-order valence-electron chi connectivity index (χ1n) is 9.83. The van der Waals surface area contributed by atoms with Gasteiger partial charge < -0.3 is 20.9 Å². The number of hydrogen-bond donors (Lipinski definition) is 3. The molecule has 0 aliphatic heterocycles. The molecule has 2 rings (SSSR count). The molecule has 1 aliphatic rings. The molecule has 1 fully saturated rings. The molecule has 1 aliphatic carbocycles. The van der Waals surface area contributed by atoms with Gasteiger partial charge >= 0.3 is 0 Å². The van der Waals surface area contributed by atoms with Gasteiger partial charge in [0.2, 0.25) is 10.0 Å². The topological polar surface area (TPSA) is 117 Å². The van der Waals surface area contributed by atoms with Gasteiger partial charge in [0.1, 0.15) is 0 Å². The molecule has 0 radical (unpaired) electrons. The van der Waals surface area contributed by atoms with Gasteiger partial charge in [0.25, 0.3) is 0 Å². The second kappa shape index (κ2) is 10.2. The zero-order valence-corrected chi connectivity index (χ0v) is 18.0. The molecule has 0 bridgehead atoms. The molecule has 158 valence electrons. The number of nitrogens with two attached hydrogens (primary N) is 2. The standard InChI is InChI=1S/C19H34N6O2S/c1-4-25(14-13-24(2)3)19(23-18-8-6-5-7-17(18)20)22-15-9-11-16(12-10-15)28(21,26)27/h9-12,17-18H,4-8,13-14,20H2,1-3H3,(H,22,23)(H2,21,26,27)/t17-,18-/m0/s1. The number of nitrogens with one attached hydrogen (secondary N) is 1. The summed E-state index contributed by atoms with van der Waals surface area (Å²) >= 11 is 0. The quantitative estimate of drug-likeness (QED) is 0.460. The van der Waals surface area contributed by atoms with E-state index in [2.05, 4.69) is 22.0 Å². The second-order valence-electron chi connectivity index (χ2n) is 7.55. The van der Waals surface area contributed by atoms with Gasteiger partial charge in [-0.2, -0.15) is 0 Å². The summed E-state index contributed by atoms with van der Waals surface area (Å²) < 4.78 is 23.0. The minimum Gasteiger partial charge on any atom is -0.342 e. The SMILES string of the molecule is CCN(CCN(C)C)C(=N[C@H]1CCCC[C@@H]1N)Nc1ccc(S(N)(=O)=O)cc1. The van der Waals surface area contributed by atoms with Crippen molar-refractivity contribution in [1.29, 1.82) is 0 Å². The molecule has 0 amide bonds. The molecule has 0 saturated heterocycles. The number of anilines is 1. The minimum atomic E-state index is -3.71. The summed E-state index contributed by atoms with van der Waals surface area (Å²) in [5.74, 6) is 0.773. The van der Waals surface area contributed by atoms with Crippen molar-refractivity contribution in [3.63, 3.8) is 0 Å². The van der Waals surface area contributed by atoms with Crippen LogP contribution in [0.15, 0.2) is 34.2 Å². The number of benzene rings is 1. The fraction of sp³-hybridized carbons (Fsp3) is 0.632. The van der Waals surface area contributed by atoms with Crippen LogP contribution in [0.3, 0.4) is 0 Å². The first kappa shape index (κ1) is 22.6. The van der Waals surface area contributed by atoms with E-state index in [0.717, 1.165) is 57.0 Å². The number of guanidine groups is 1. The molecule has 28 heavy (non-hydrogen) atoms. The molecule has 0 heterocycles. The van der Waals surface area contributed by atoms with Crippen molar-refractivity contribution in [2.45, 2.75) is 49.6 Å². The van der Waals surface area contributed by atoms with E-state index in [1.54, 1.807) is 12.1 Å². The Balaban J connectivity index is 2.26. The Morgan fingerprint density at radius 2 is 1.82 bits per heavy atom. The fourth-order valence-electron chi connectivity index (χ4n) is 3.24. The highest BCUT2D eigenvalue weighted by atomic mass is 32.2. The van der Waals surface area contributed by atoms with Gasteiger partial charge in [0.05, 0.1) is 10.9 Å². The van der Waals surface area contributed by atoms with Crippen LogP contribution in [-0.2, 0) is 10.0 Å². The number of rotatable bonds is 7. The van der Waals surface area contributed by atoms with E-state index in [9.17, 15) is 8.42 Å². The summed E-state index contributed by atoms with van der Waals surface area (Å²) in [6.07, 6.45) is 4.28. The molecule has 0 unspecified atom stereocenters. The summed E-state index contributed by atoms with van der Waals surface area (Å²) in [5.41, 5.74) is 7.07. The highest BCUT2D eigenvalue weighted by Crippen LogP contribution is 2.21. The molecular formula is C19H34N6O2S. The van der Waals surface area contributed by atoms with Gasteiger partial charge in [-0.1, -0.05) is 12.8 Å². The van der Waals surface area contributed by atoms with Crippen LogP contribution in [0.4, 0.5) is 5.69 Å². The Bertz CT molecular complexity index is 748. The van der Waals surface area contributed by atoms with E-state index in [1.165, 1.54) is 12.1 Å². The molecule has 0 aromatic heterocycles. The maximum Gasteiger partial charge on any atom is 0.238 e. The van der Waals surface area contributed by atoms with Crippen LogP contribution in [-0.4, -0.2) is 70.0 Å². The largest absolute Gasteiger partial charge is 0.342 e. The van der Waals surface area contributed by atoms with Crippen molar-refractivity contribution in [3.8, 4) is 0 Å². The van der Waals surface area contributed by atoms with Gasteiger partial charge in [-0.05, 0) is 58.1 Å². The first-order chi connectivity index (χ1) is 13.2. The lowest BCUT2D eigenvalue weighted by Crippen LogP contribution is -2.44. The normalized spacial score (nSPS) is 21.0. The van der Waals surface area contributed by atoms with Crippen LogP contribution < -0.4 is 16.2 Å². The van der Waals surface area contributed by atoms with Crippen molar-refractivity contribution in [1.82, 2.24) is 9.80 Å². The lowest BCUT2D eigenvalue weighted by molar-refractivity contribution is 0.331. The maximum absolute atomic E-state index is 11.5. The average molecular weight is 411 g/mol. The summed E-state index contributed by atoms with van der Waals surface area (Å²) in [6, 6.07) is 6.57. The van der Waals surface area contributed by atoms with E-state index in [1.807, 2.05) is 14.1 Å². The zero-order valence-electron chi connectivity index (χ0n) is 17.1. The molecule has 2 atom stereocenters. The molecule has 1 aromatic carbocycles. The Morgan fingerprint density at radius 3 is 2.36 bits per heavy atom. The van der Waals surface area contributed by atoms with Crippen molar-refractivity contribution in [2.24, 2.45) is 15.9 Å². The van der Waals surface area contributed by atoms with Gasteiger partial charge in [-0.15, -0.1) is 0 Å². The van der Waals surface area contributed by atoms with Crippen LogP contribution in [0.25, 0.3) is 0 Å². The lowest BCUT2D eigenvalue weighted by atomic mass is 9.91. The Labute approximate surface area is 169 Å². The number of nitrogens with zero attached hydrogens (tertiary/aromatic N) is 3. The molecule has 8 nitrogen and oxygen atoms in total. The second-order valence-corrected chi connectivity index (χ2v) is 9.11. The third-order valence-electron chi connectivity index (χ3n) is 5.01. The summed E-state index contributed by atoms with van der Waals surface area (Å²) in [6.45, 7) is 4.62. The monoisotopic (exact) mass is 410 g/mol. The number of aliphatic imine (C=N–C) groups is 1. The molecular weight excluding hydrogens is 376 g/mol. The summed E-state index contributed by atoms with van der Waals surface area (Å²) in [5, 5.41) is 8.55. The summed E-state index contributed by atoms with van der Waals surface area (Å²) in [4.78, 5) is 9.39. The van der Waals surface area contributed by atoms with Crippen LogP contribution in [0, 0.1) is 0 Å². The van der Waals surface area contributed by atoms with E-state index in [4.69, 9.17) is 15.9 Å². The van der Waals surface area contributed by atoms with Gasteiger partial charge in [0, 0.05) is 31.4 Å². The van der Waals surface area contributed by atoms with E-state index in [0.29, 0.717) is 0 Å². The van der Waals surface area contributed by atoms with Gasteiger partial charge in [-0.3, -0.25) is 0 Å². The van der Waals surface area contributed by atoms with Gasteiger partial charge in [-0.25, -0.2) is 18.5 Å². The van der Waals surface area contributed by atoms with Crippen molar-refractivity contribution < 1.29 is 8.42 Å². The maximum atomic E-state index is 11.5. The van der Waals surface area contributed by atoms with E-state index in [-0.39, 0.29) is 17.0 Å². The highest BCUT2D eigenvalue weighted by molar-refractivity contribution is 7.89. The lowest BCUT2D eigenvalue weighted by Gasteiger charge is -2.31. The Morgan fingerprint density at radius 1 is 1.18 bits per heavy atom. The number of primary sulfonamides is 1. The third kappa shape index (κ3) is 6.73. The predicted molar refractivity (Wildman–Crippen MR) is 115 cm³/mol. The van der Waals surface area contributed by atoms with E-state index >= 15 is 0 Å². The van der Waals surface area contributed by atoms with Crippen molar-refractivity contribution in [2.75, 3.05) is 39.0 Å². The molecule has 0 spiro atoms. The zero-order chi connectivity index (χ0) is 20.7. The average Bonchev–Trinajstić information content (AvgIpc) is 2.63. The Kier molecular flexibility index (Phi) is 8.23. The van der Waals surface area contributed by atoms with Crippen molar-refractivity contribution in [3.05, 3.63) is 24.3 Å². The molecule has 1 saturated carbocycles. The summed E-state index contributed by atoms with van der Waals surface area (Å²) in [7, 11) is 0.378. The third-order valence-corrected chi connectivity index (χ3v) is 5.94. The number of likely N-dealkylation sites (N-methyl/N-ethyl adjacent to an activating group) is 2. The number of hydrogen-bond acceptors (Lipinski definition) is 5. The van der Waals surface area contributed by atoms with Crippen LogP contribution in [0.1, 0.15) is 32.6 Å². The minimum absolute atomic E-state index is 0.0721. The first-order valence-corrected chi connectivity index (χ1v) is 11.4. The fourth-order valence-corrected chi connectivity index (χ4v) is 3.76. The van der Waals surface area contributed by atoms with Crippen LogP contribution in [0.2, 0.25) is 0 Å². The molecule has 9 heteroatoms. The Hall–Kier alpha value is -1.68. The van der Waals surface area contributed by atoms with Gasteiger partial charge in [0.15, 0.2) is 5.96 Å². The van der Waals surface area contributed by atoms with Crippen molar-refractivity contribution >= 4 is 21.7 Å². The smallest absolute Gasteiger partial charge is 0.238 e. The highest BCUT2D eigenvalue weighted by Gasteiger charge is 2.23. The predicted octanol–water partition coefficient (Wildman–Crippen LogP) is 1.26. The molecule has 5 N–H and O–H groups in total. The van der Waals surface area contributed by atoms with E-state index < -0.39 is 10.0 Å². The molecule has 1 aromatic rings. The van der Waals surface area contributed by atoms with Crippen LogP contribution in [0.5, 0.6) is 0 Å².